The van der Waals surface area contributed by atoms with E-state index in [1.165, 1.54) is 211 Å². The molecule has 0 N–H and O–H groups in total. The summed E-state index contributed by atoms with van der Waals surface area (Å²) in [4.78, 5) is 0. The Balaban J connectivity index is 0.000000172. The van der Waals surface area contributed by atoms with Crippen LogP contribution >= 0.6 is 0 Å². The molecule has 0 saturated heterocycles. The normalized spacial score (nSPS) is 12.0. The van der Waals surface area contributed by atoms with Gasteiger partial charge in [0.2, 0.25) is 0 Å². The Hall–Kier alpha value is -6.24. The summed E-state index contributed by atoms with van der Waals surface area (Å²) in [7, 11) is 0. The average Bonchev–Trinajstić information content (AvgIpc) is 3.45. The fraction of sp³-hybridized carbons (Fsp3) is 0.400. The third-order valence-electron chi connectivity index (χ3n) is 16.2. The summed E-state index contributed by atoms with van der Waals surface area (Å²) in [6.07, 6.45) is 38.3. The van der Waals surface area contributed by atoms with Crippen LogP contribution in [0.2, 0.25) is 0 Å². The van der Waals surface area contributed by atoms with Crippen LogP contribution in [-0.4, -0.2) is 0 Å². The van der Waals surface area contributed by atoms with E-state index in [1.54, 1.807) is 50.1 Å². The van der Waals surface area contributed by atoms with Gasteiger partial charge >= 0.3 is 0 Å². The van der Waals surface area contributed by atoms with E-state index >= 15 is 0 Å². The van der Waals surface area contributed by atoms with E-state index in [2.05, 4.69) is 202 Å². The fourth-order valence-electron chi connectivity index (χ4n) is 10.4. The van der Waals surface area contributed by atoms with E-state index in [-0.39, 0.29) is 0 Å². The lowest BCUT2D eigenvalue weighted by atomic mass is 9.86. The quantitative estimate of drug-likeness (QED) is 0.0668. The molecule has 11 rings (SSSR count). The number of hydrogen-bond acceptors (Lipinski definition) is 0. The van der Waals surface area contributed by atoms with Crippen LogP contribution in [0.3, 0.4) is 0 Å². The molecule has 0 bridgehead atoms. The fourth-order valence-corrected chi connectivity index (χ4v) is 10.4. The zero-order chi connectivity index (χ0) is 57.2. The Morgan fingerprint density at radius 2 is 0.613 bits per heavy atom. The number of hydrogen-bond donors (Lipinski definition) is 0. The molecule has 0 heterocycles. The molecule has 0 heteroatoms. The SMILES string of the molecule is C=Cc1cccc(C)c1.C=Cc1cccc(CCCC)c1.C=Cc1cccc(CCCCCC)c1.CCCCCCc1ccc2c(c1)CC2.CCCCc1ccc2c(c1)CC2.CCc1ccc2c(c1)CC2.Cc1ccc2c(c1)CC2. The first-order valence-electron chi connectivity index (χ1n) is 31.6. The van der Waals surface area contributed by atoms with Gasteiger partial charge in [-0.05, 0) is 212 Å². The average molecular weight is 1070 g/mol. The van der Waals surface area contributed by atoms with Crippen molar-refractivity contribution in [2.75, 3.05) is 0 Å². The summed E-state index contributed by atoms with van der Waals surface area (Å²) in [5.74, 6) is 0. The maximum absolute atomic E-state index is 3.78. The van der Waals surface area contributed by atoms with Gasteiger partial charge in [0.1, 0.15) is 0 Å². The molecule has 4 aliphatic rings. The second-order valence-corrected chi connectivity index (χ2v) is 22.8. The molecule has 0 fully saturated rings. The molecule has 0 radical (unpaired) electrons. The number of fused-ring (bicyclic) bond motifs is 4. The Bertz CT molecular complexity index is 2900. The molecule has 7 aromatic carbocycles. The highest BCUT2D eigenvalue weighted by molar-refractivity contribution is 5.50. The van der Waals surface area contributed by atoms with E-state index in [0.717, 1.165) is 0 Å². The van der Waals surface area contributed by atoms with E-state index in [0.29, 0.717) is 0 Å². The van der Waals surface area contributed by atoms with Crippen molar-refractivity contribution in [1.29, 1.82) is 0 Å². The van der Waals surface area contributed by atoms with Crippen molar-refractivity contribution in [1.82, 2.24) is 0 Å². The van der Waals surface area contributed by atoms with Gasteiger partial charge < -0.3 is 0 Å². The molecular formula is C80H104. The summed E-state index contributed by atoms with van der Waals surface area (Å²) in [6.45, 7) is 26.6. The minimum absolute atomic E-state index is 1.17. The lowest BCUT2D eigenvalue weighted by Crippen LogP contribution is -2.08. The van der Waals surface area contributed by atoms with Gasteiger partial charge in [-0.25, -0.2) is 0 Å². The van der Waals surface area contributed by atoms with Crippen LogP contribution in [0.1, 0.15) is 212 Å². The van der Waals surface area contributed by atoms with Gasteiger partial charge in [-0.3, -0.25) is 0 Å². The minimum Gasteiger partial charge on any atom is -0.0985 e. The first-order valence-corrected chi connectivity index (χ1v) is 31.6. The maximum Gasteiger partial charge on any atom is -0.0235 e. The van der Waals surface area contributed by atoms with Gasteiger partial charge in [0.05, 0.1) is 0 Å². The van der Waals surface area contributed by atoms with Gasteiger partial charge in [-0.1, -0.05) is 281 Å². The molecule has 0 amide bonds. The third-order valence-corrected chi connectivity index (χ3v) is 16.2. The van der Waals surface area contributed by atoms with Crippen molar-refractivity contribution in [2.45, 2.75) is 209 Å². The van der Waals surface area contributed by atoms with Crippen molar-refractivity contribution < 1.29 is 0 Å². The topological polar surface area (TPSA) is 0 Å². The van der Waals surface area contributed by atoms with Gasteiger partial charge in [0, 0.05) is 0 Å². The van der Waals surface area contributed by atoms with Gasteiger partial charge in [0.15, 0.2) is 0 Å². The van der Waals surface area contributed by atoms with E-state index in [4.69, 9.17) is 0 Å². The van der Waals surface area contributed by atoms with Crippen molar-refractivity contribution in [3.63, 3.8) is 0 Å². The lowest BCUT2D eigenvalue weighted by molar-refractivity contribution is 0.665. The molecule has 0 spiro atoms. The first kappa shape index (κ1) is 64.6. The van der Waals surface area contributed by atoms with E-state index in [1.807, 2.05) is 30.4 Å². The van der Waals surface area contributed by atoms with Crippen LogP contribution in [0.25, 0.3) is 18.2 Å². The highest BCUT2D eigenvalue weighted by Crippen LogP contribution is 2.27. The van der Waals surface area contributed by atoms with Crippen LogP contribution in [0, 0.1) is 13.8 Å². The van der Waals surface area contributed by atoms with Crippen LogP contribution in [-0.2, 0) is 83.5 Å². The minimum atomic E-state index is 1.17. The number of rotatable bonds is 20. The predicted octanol–water partition coefficient (Wildman–Crippen LogP) is 22.2. The maximum atomic E-state index is 3.78. The zero-order valence-electron chi connectivity index (χ0n) is 51.4. The zero-order valence-corrected chi connectivity index (χ0v) is 51.4. The molecular weight excluding hydrogens is 961 g/mol. The van der Waals surface area contributed by atoms with Crippen LogP contribution in [0.15, 0.2) is 165 Å². The first-order chi connectivity index (χ1) is 39.1. The molecule has 0 saturated carbocycles. The molecule has 7 aromatic rings. The number of aryl methyl sites for hydroxylation is 15. The van der Waals surface area contributed by atoms with Gasteiger partial charge in [-0.2, -0.15) is 0 Å². The summed E-state index contributed by atoms with van der Waals surface area (Å²) in [5.41, 5.74) is 26.4. The molecule has 4 aliphatic carbocycles. The van der Waals surface area contributed by atoms with E-state index < -0.39 is 0 Å². The smallest absolute Gasteiger partial charge is 0.0235 e. The van der Waals surface area contributed by atoms with Crippen LogP contribution in [0.4, 0.5) is 0 Å². The standard InChI is InChI=1S/2C14H20.2C12H16.C10H12.2C9H10/c1-2-3-4-5-6-12-7-8-13-9-10-14(13)11-12;1-3-5-6-7-9-14-11-8-10-13(4-2)12-14;1-2-3-4-10-5-6-11-7-8-12(11)9-10;1-3-5-7-12-9-6-8-11(4-2)10-12;1-2-8-3-4-9-5-6-10(9)7-8;1-7-2-3-8-4-5-9(8)6-7;1-3-9-6-4-5-8(2)7-9/h7-8,11H,2-6,9-10H2,1H3;4,8,10-12H,2-3,5-7,9H2,1H3;5-6,9H,2-4,7-8H2,1H3;4,6,8-10H,2-3,5,7H2,1H3;3-4,7H,2,5-6H2,1H3;2-3,6H,4-5H2,1H3;3-7H,1H2,2H3. The summed E-state index contributed by atoms with van der Waals surface area (Å²) in [5, 5.41) is 0. The second kappa shape index (κ2) is 37.6. The molecule has 0 atom stereocenters. The van der Waals surface area contributed by atoms with Crippen molar-refractivity contribution in [2.24, 2.45) is 0 Å². The largest absolute Gasteiger partial charge is 0.0985 e. The van der Waals surface area contributed by atoms with Gasteiger partial charge in [-0.15, -0.1) is 0 Å². The van der Waals surface area contributed by atoms with Crippen LogP contribution in [0.5, 0.6) is 0 Å². The number of benzene rings is 7. The number of unbranched alkanes of at least 4 members (excludes halogenated alkanes) is 8. The van der Waals surface area contributed by atoms with Gasteiger partial charge in [0.25, 0.3) is 0 Å². The highest BCUT2D eigenvalue weighted by Gasteiger charge is 2.14. The monoisotopic (exact) mass is 1060 g/mol. The van der Waals surface area contributed by atoms with E-state index in [9.17, 15) is 0 Å². The van der Waals surface area contributed by atoms with Crippen molar-refractivity contribution in [3.05, 3.63) is 265 Å². The van der Waals surface area contributed by atoms with Crippen molar-refractivity contribution in [3.8, 4) is 0 Å². The second-order valence-electron chi connectivity index (χ2n) is 22.8. The highest BCUT2D eigenvalue weighted by atomic mass is 14.2. The Labute approximate surface area is 490 Å². The molecule has 80 heavy (non-hydrogen) atoms. The Kier molecular flexibility index (Phi) is 30.4. The summed E-state index contributed by atoms with van der Waals surface area (Å²) in [6, 6.07) is 53.2. The summed E-state index contributed by atoms with van der Waals surface area (Å²) >= 11 is 0. The molecule has 424 valence electrons. The predicted molar refractivity (Wildman–Crippen MR) is 357 cm³/mol. The molecule has 0 nitrogen and oxygen atoms in total. The molecule has 0 aromatic heterocycles. The lowest BCUT2D eigenvalue weighted by Gasteiger charge is -2.19. The Morgan fingerprint density at radius 3 is 0.938 bits per heavy atom. The Morgan fingerprint density at radius 1 is 0.287 bits per heavy atom. The van der Waals surface area contributed by atoms with Crippen LogP contribution < -0.4 is 0 Å². The summed E-state index contributed by atoms with van der Waals surface area (Å²) < 4.78 is 0. The third kappa shape index (κ3) is 23.5. The van der Waals surface area contributed by atoms with Crippen molar-refractivity contribution >= 4 is 18.2 Å². The molecule has 0 unspecified atom stereocenters. The molecule has 0 aliphatic heterocycles.